The van der Waals surface area contributed by atoms with Crippen molar-refractivity contribution in [2.45, 2.75) is 47.0 Å². The van der Waals surface area contributed by atoms with Gasteiger partial charge < -0.3 is 4.42 Å². The van der Waals surface area contributed by atoms with Crippen molar-refractivity contribution in [2.24, 2.45) is 5.41 Å². The topological polar surface area (TPSA) is 26.0 Å². The molecule has 0 aliphatic carbocycles. The van der Waals surface area contributed by atoms with Gasteiger partial charge in [0, 0.05) is 6.42 Å². The Kier molecular flexibility index (Phi) is 3.23. The number of fused-ring (bicyclic) bond motifs is 1. The Labute approximate surface area is 103 Å². The van der Waals surface area contributed by atoms with Gasteiger partial charge >= 0.3 is 0 Å². The van der Waals surface area contributed by atoms with Crippen LogP contribution in [0.2, 0.25) is 0 Å². The average Bonchev–Trinajstić information content (AvgIpc) is 2.56. The highest BCUT2D eigenvalue weighted by Gasteiger charge is 2.16. The summed E-state index contributed by atoms with van der Waals surface area (Å²) in [5.41, 5.74) is 3.46. The van der Waals surface area contributed by atoms with Crippen LogP contribution in [0.5, 0.6) is 0 Å². The van der Waals surface area contributed by atoms with Gasteiger partial charge in [-0.2, -0.15) is 0 Å². The first-order valence-electron chi connectivity index (χ1n) is 6.36. The van der Waals surface area contributed by atoms with E-state index in [1.54, 1.807) is 0 Å². The molecule has 0 saturated carbocycles. The lowest BCUT2D eigenvalue weighted by Crippen LogP contribution is -2.09. The molecule has 17 heavy (non-hydrogen) atoms. The number of aromatic nitrogens is 1. The fourth-order valence-corrected chi connectivity index (χ4v) is 1.99. The number of benzene rings is 1. The van der Waals surface area contributed by atoms with Gasteiger partial charge in [0.1, 0.15) is 5.52 Å². The molecule has 0 bridgehead atoms. The molecule has 0 aliphatic rings. The third kappa shape index (κ3) is 3.09. The zero-order chi connectivity index (χ0) is 12.5. The van der Waals surface area contributed by atoms with E-state index in [1.807, 2.05) is 6.07 Å². The van der Waals surface area contributed by atoms with E-state index in [2.05, 4.69) is 44.8 Å². The fourth-order valence-electron chi connectivity index (χ4n) is 1.99. The summed E-state index contributed by atoms with van der Waals surface area (Å²) in [5.74, 6) is 0.848. The third-order valence-electron chi connectivity index (χ3n) is 2.72. The summed E-state index contributed by atoms with van der Waals surface area (Å²) in [6, 6.07) is 6.33. The van der Waals surface area contributed by atoms with Crippen LogP contribution >= 0.6 is 0 Å². The molecule has 2 rings (SSSR count). The van der Waals surface area contributed by atoms with Gasteiger partial charge in [-0.3, -0.25) is 0 Å². The van der Waals surface area contributed by atoms with Crippen molar-refractivity contribution in [3.63, 3.8) is 0 Å². The molecule has 0 radical (unpaired) electrons. The zero-order valence-electron chi connectivity index (χ0n) is 11.2. The maximum Gasteiger partial charge on any atom is 0.195 e. The normalized spacial score (nSPS) is 12.2. The predicted molar refractivity (Wildman–Crippen MR) is 71.2 cm³/mol. The molecular formula is C15H21NO. The molecule has 2 aromatic rings. The van der Waals surface area contributed by atoms with E-state index in [-0.39, 0.29) is 5.41 Å². The number of nitrogens with zero attached hydrogens (tertiary/aromatic N) is 1. The summed E-state index contributed by atoms with van der Waals surface area (Å²) in [5, 5.41) is 0. The van der Waals surface area contributed by atoms with Gasteiger partial charge in [0.25, 0.3) is 0 Å². The lowest BCUT2D eigenvalue weighted by molar-refractivity contribution is 0.362. The minimum absolute atomic E-state index is 0.215. The van der Waals surface area contributed by atoms with Gasteiger partial charge in [0.2, 0.25) is 0 Å². The Balaban J connectivity index is 2.30. The number of rotatable bonds is 3. The van der Waals surface area contributed by atoms with Gasteiger partial charge in [-0.25, -0.2) is 4.98 Å². The SMILES string of the molecule is CCCc1ccc2oc(CC(C)(C)C)nc2c1. The highest BCUT2D eigenvalue weighted by molar-refractivity contribution is 5.73. The second-order valence-corrected chi connectivity index (χ2v) is 5.90. The molecule has 1 heterocycles. The molecule has 1 aromatic heterocycles. The summed E-state index contributed by atoms with van der Waals surface area (Å²) in [4.78, 5) is 4.57. The highest BCUT2D eigenvalue weighted by Crippen LogP contribution is 2.24. The van der Waals surface area contributed by atoms with E-state index in [1.165, 1.54) is 5.56 Å². The van der Waals surface area contributed by atoms with Crippen LogP contribution in [0.4, 0.5) is 0 Å². The fraction of sp³-hybridized carbons (Fsp3) is 0.533. The molecule has 1 aromatic carbocycles. The van der Waals surface area contributed by atoms with E-state index >= 15 is 0 Å². The molecule has 0 spiro atoms. The van der Waals surface area contributed by atoms with Crippen molar-refractivity contribution in [1.82, 2.24) is 4.98 Å². The van der Waals surface area contributed by atoms with Crippen molar-refractivity contribution >= 4 is 11.1 Å². The van der Waals surface area contributed by atoms with E-state index in [0.717, 1.165) is 36.3 Å². The summed E-state index contributed by atoms with van der Waals surface area (Å²) >= 11 is 0. The van der Waals surface area contributed by atoms with Gasteiger partial charge in [0.15, 0.2) is 11.5 Å². The van der Waals surface area contributed by atoms with Crippen molar-refractivity contribution in [2.75, 3.05) is 0 Å². The molecule has 2 nitrogen and oxygen atoms in total. The van der Waals surface area contributed by atoms with E-state index in [0.29, 0.717) is 0 Å². The van der Waals surface area contributed by atoms with Gasteiger partial charge in [0.05, 0.1) is 0 Å². The van der Waals surface area contributed by atoms with Crippen LogP contribution in [-0.2, 0) is 12.8 Å². The standard InChI is InChI=1S/C15H21NO/c1-5-6-11-7-8-13-12(9-11)16-14(17-13)10-15(2,3)4/h7-9H,5-6,10H2,1-4H3. The summed E-state index contributed by atoms with van der Waals surface area (Å²) in [6.07, 6.45) is 3.15. The van der Waals surface area contributed by atoms with E-state index in [9.17, 15) is 0 Å². The summed E-state index contributed by atoms with van der Waals surface area (Å²) < 4.78 is 5.77. The second kappa shape index (κ2) is 4.52. The molecule has 0 aliphatic heterocycles. The second-order valence-electron chi connectivity index (χ2n) is 5.90. The largest absolute Gasteiger partial charge is 0.441 e. The minimum atomic E-state index is 0.215. The zero-order valence-corrected chi connectivity index (χ0v) is 11.2. The first kappa shape index (κ1) is 12.2. The van der Waals surface area contributed by atoms with Gasteiger partial charge in [-0.1, -0.05) is 40.2 Å². The van der Waals surface area contributed by atoms with Crippen molar-refractivity contribution in [3.05, 3.63) is 29.7 Å². The van der Waals surface area contributed by atoms with Crippen LogP contribution in [0.25, 0.3) is 11.1 Å². The molecule has 0 N–H and O–H groups in total. The number of hydrogen-bond donors (Lipinski definition) is 0. The van der Waals surface area contributed by atoms with Crippen LogP contribution < -0.4 is 0 Å². The Bertz CT molecular complexity index is 505. The van der Waals surface area contributed by atoms with Crippen molar-refractivity contribution in [3.8, 4) is 0 Å². The van der Waals surface area contributed by atoms with Gasteiger partial charge in [-0.15, -0.1) is 0 Å². The Morgan fingerprint density at radius 3 is 2.65 bits per heavy atom. The molecule has 0 fully saturated rings. The Morgan fingerprint density at radius 1 is 1.24 bits per heavy atom. The number of aryl methyl sites for hydroxylation is 1. The molecular weight excluding hydrogens is 210 g/mol. The highest BCUT2D eigenvalue weighted by atomic mass is 16.3. The minimum Gasteiger partial charge on any atom is -0.441 e. The van der Waals surface area contributed by atoms with Crippen LogP contribution in [0.1, 0.15) is 45.6 Å². The molecule has 0 unspecified atom stereocenters. The van der Waals surface area contributed by atoms with Crippen molar-refractivity contribution in [1.29, 1.82) is 0 Å². The quantitative estimate of drug-likeness (QED) is 0.784. The Hall–Kier alpha value is -1.31. The third-order valence-corrected chi connectivity index (χ3v) is 2.72. The maximum absolute atomic E-state index is 5.77. The van der Waals surface area contributed by atoms with E-state index in [4.69, 9.17) is 4.42 Å². The van der Waals surface area contributed by atoms with Crippen LogP contribution in [0, 0.1) is 5.41 Å². The molecule has 0 amide bonds. The van der Waals surface area contributed by atoms with Crippen LogP contribution in [0.3, 0.4) is 0 Å². The first-order valence-corrected chi connectivity index (χ1v) is 6.36. The van der Waals surface area contributed by atoms with Crippen molar-refractivity contribution < 1.29 is 4.42 Å². The lowest BCUT2D eigenvalue weighted by Gasteiger charge is -2.14. The van der Waals surface area contributed by atoms with E-state index < -0.39 is 0 Å². The summed E-state index contributed by atoms with van der Waals surface area (Å²) in [6.45, 7) is 8.79. The molecule has 92 valence electrons. The summed E-state index contributed by atoms with van der Waals surface area (Å²) in [7, 11) is 0. The first-order chi connectivity index (χ1) is 7.98. The molecule has 2 heteroatoms. The Morgan fingerprint density at radius 2 is 2.00 bits per heavy atom. The number of oxazole rings is 1. The number of hydrogen-bond acceptors (Lipinski definition) is 2. The monoisotopic (exact) mass is 231 g/mol. The van der Waals surface area contributed by atoms with Gasteiger partial charge in [-0.05, 0) is 29.5 Å². The molecule has 0 atom stereocenters. The maximum atomic E-state index is 5.77. The predicted octanol–water partition coefficient (Wildman–Crippen LogP) is 4.37. The van der Waals surface area contributed by atoms with Crippen LogP contribution in [0.15, 0.2) is 22.6 Å². The van der Waals surface area contributed by atoms with Crippen LogP contribution in [-0.4, -0.2) is 4.98 Å². The lowest BCUT2D eigenvalue weighted by atomic mass is 9.92. The smallest absolute Gasteiger partial charge is 0.195 e. The molecule has 0 saturated heterocycles. The average molecular weight is 231 g/mol.